The summed E-state index contributed by atoms with van der Waals surface area (Å²) >= 11 is 2.08. The Bertz CT molecular complexity index is 3910. The summed E-state index contributed by atoms with van der Waals surface area (Å²) in [5.74, 6) is 0. The summed E-state index contributed by atoms with van der Waals surface area (Å²) in [6.45, 7) is 39.4. The third kappa shape index (κ3) is 7.71. The summed E-state index contributed by atoms with van der Waals surface area (Å²) in [7, 11) is 0. The first-order chi connectivity index (χ1) is 38.1. The van der Waals surface area contributed by atoms with E-state index < -0.39 is 0 Å². The number of nitrogens with zero attached hydrogens (tertiary/aromatic N) is 3. The average Bonchev–Trinajstić information content (AvgIpc) is 2.32. The van der Waals surface area contributed by atoms with Crippen molar-refractivity contribution in [1.82, 2.24) is 0 Å². The molecule has 6 aliphatic rings. The molecule has 1 saturated carbocycles. The molecule has 3 aliphatic carbocycles. The van der Waals surface area contributed by atoms with Gasteiger partial charge >= 0.3 is 0 Å². The Hall–Kier alpha value is -6.04. The molecule has 1 aromatic heterocycles. The quantitative estimate of drug-likeness (QED) is 0.163. The van der Waals surface area contributed by atoms with Crippen LogP contribution in [0.15, 0.2) is 133 Å². The number of benzene rings is 7. The maximum Gasteiger partial charge on any atom is 0.264 e. The second kappa shape index (κ2) is 17.3. The van der Waals surface area contributed by atoms with Crippen LogP contribution in [0.25, 0.3) is 21.2 Å². The predicted octanol–water partition coefficient (Wildman–Crippen LogP) is 19.7. The van der Waals surface area contributed by atoms with Crippen LogP contribution >= 0.6 is 11.3 Å². The fourth-order valence-electron chi connectivity index (χ4n) is 16.4. The fourth-order valence-corrected chi connectivity index (χ4v) is 17.8. The number of anilines is 8. The summed E-state index contributed by atoms with van der Waals surface area (Å²) in [4.78, 5) is 8.36. The highest BCUT2D eigenvalue weighted by molar-refractivity contribution is 7.33. The van der Waals surface area contributed by atoms with E-state index in [1.54, 1.807) is 0 Å². The molecule has 0 radical (unpaired) electrons. The van der Waals surface area contributed by atoms with Crippen LogP contribution in [0.3, 0.4) is 0 Å². The second-order valence-corrected chi connectivity index (χ2v) is 32.1. The lowest BCUT2D eigenvalue weighted by atomic mass is 9.36. The fraction of sp³-hybridized carbons (Fsp3) is 0.421. The lowest BCUT2D eigenvalue weighted by Crippen LogP contribution is -2.61. The first kappa shape index (κ1) is 53.0. The first-order valence-electron chi connectivity index (χ1n) is 30.9. The molecule has 0 spiro atoms. The Balaban J connectivity index is 1.13. The minimum atomic E-state index is -0.171. The van der Waals surface area contributed by atoms with Gasteiger partial charge in [-0.05, 0) is 206 Å². The molecule has 5 heteroatoms. The molecule has 14 rings (SSSR count). The molecule has 1 fully saturated rings. The van der Waals surface area contributed by atoms with Gasteiger partial charge in [0.05, 0.1) is 11.2 Å². The van der Waals surface area contributed by atoms with Crippen LogP contribution in [0.5, 0.6) is 0 Å². The van der Waals surface area contributed by atoms with E-state index in [9.17, 15) is 0 Å². The van der Waals surface area contributed by atoms with E-state index in [4.69, 9.17) is 0 Å². The zero-order valence-electron chi connectivity index (χ0n) is 51.7. The highest BCUT2D eigenvalue weighted by atomic mass is 32.1. The molecule has 7 aromatic carbocycles. The SMILES string of the molecule is CC(C)(C)c1ccc(N2c3ccc(C(C)(C)C)cc3B3c4sc5cc6c(cc5c4N(c4ccc5c(c4)C(C)(C)CCC5(C)C)c4cc(N5c7ccc(-c8ccccc8)cc7C7(C)CCCCC57C)cc2c43)C(C)(C)CCC6(C)C)cc1. The Labute approximate surface area is 490 Å². The van der Waals surface area contributed by atoms with Crippen LogP contribution in [0.2, 0.25) is 0 Å². The molecule has 0 saturated heterocycles. The molecule has 3 nitrogen and oxygen atoms in total. The molecule has 0 N–H and O–H groups in total. The Morgan fingerprint density at radius 3 is 1.65 bits per heavy atom. The highest BCUT2D eigenvalue weighted by Gasteiger charge is 2.58. The Morgan fingerprint density at radius 1 is 0.432 bits per heavy atom. The van der Waals surface area contributed by atoms with Crippen LogP contribution in [0.4, 0.5) is 45.5 Å². The number of thiophene rings is 1. The standard InChI is InChI=1S/C76H86BN3S/c1-69(2,3)49-25-28-51(29-26-49)78-62-33-27-50(70(4,5)6)41-60(62)77-66-63(78)43-53(80-61-32-24-48(47-22-18-17-19-23-47)40-59(61)75(15)34-20-21-35-76(75,80)16)44-64(66)79(52-30-31-55-56(42-52)72(9,10)37-36-71(55,7)8)67-54-45-57-58(46-65(54)81-68(67)77)74(13,14)39-38-73(57,11)12/h17-19,22-33,40-46H,20-21,34-39H2,1-16H3. The molecule has 2 atom stereocenters. The minimum absolute atomic E-state index is 0.0102. The van der Waals surface area contributed by atoms with Gasteiger partial charge < -0.3 is 14.7 Å². The van der Waals surface area contributed by atoms with Gasteiger partial charge in [-0.2, -0.15) is 0 Å². The number of rotatable bonds is 4. The first-order valence-corrected chi connectivity index (χ1v) is 31.7. The van der Waals surface area contributed by atoms with Gasteiger partial charge in [0, 0.05) is 60.1 Å². The number of fused-ring (bicyclic) bond motifs is 11. The van der Waals surface area contributed by atoms with Gasteiger partial charge in [-0.15, -0.1) is 11.3 Å². The average molecular weight is 1080 g/mol. The van der Waals surface area contributed by atoms with Gasteiger partial charge in [0.15, 0.2) is 0 Å². The van der Waals surface area contributed by atoms with Gasteiger partial charge in [-0.1, -0.05) is 183 Å². The molecule has 0 bridgehead atoms. The third-order valence-corrected chi connectivity index (χ3v) is 23.2. The van der Waals surface area contributed by atoms with E-state index in [0.29, 0.717) is 0 Å². The topological polar surface area (TPSA) is 9.72 Å². The molecule has 414 valence electrons. The van der Waals surface area contributed by atoms with Crippen molar-refractivity contribution in [1.29, 1.82) is 0 Å². The van der Waals surface area contributed by atoms with Crippen molar-refractivity contribution in [3.8, 4) is 11.1 Å². The van der Waals surface area contributed by atoms with Crippen LogP contribution in [0, 0.1) is 0 Å². The van der Waals surface area contributed by atoms with Crippen molar-refractivity contribution in [3.05, 3.63) is 172 Å². The summed E-state index contributed by atoms with van der Waals surface area (Å²) in [5.41, 5.74) is 26.1. The van der Waals surface area contributed by atoms with Crippen LogP contribution in [0.1, 0.15) is 201 Å². The highest BCUT2D eigenvalue weighted by Crippen LogP contribution is 2.63. The van der Waals surface area contributed by atoms with E-state index in [1.807, 2.05) is 0 Å². The lowest BCUT2D eigenvalue weighted by molar-refractivity contribution is 0.195. The van der Waals surface area contributed by atoms with E-state index in [-0.39, 0.29) is 50.2 Å². The van der Waals surface area contributed by atoms with Crippen molar-refractivity contribution in [2.24, 2.45) is 0 Å². The molecule has 8 aromatic rings. The molecule has 0 amide bonds. The molecule has 3 aliphatic heterocycles. The summed E-state index contributed by atoms with van der Waals surface area (Å²) in [6, 6.07) is 54.2. The van der Waals surface area contributed by atoms with E-state index in [0.717, 1.165) is 12.8 Å². The van der Waals surface area contributed by atoms with E-state index in [2.05, 4.69) is 270 Å². The van der Waals surface area contributed by atoms with Crippen LogP contribution in [-0.2, 0) is 37.9 Å². The Morgan fingerprint density at radius 2 is 1.00 bits per heavy atom. The monoisotopic (exact) mass is 1080 g/mol. The van der Waals surface area contributed by atoms with Gasteiger partial charge in [-0.3, -0.25) is 0 Å². The van der Waals surface area contributed by atoms with Gasteiger partial charge in [-0.25, -0.2) is 0 Å². The molecule has 4 heterocycles. The van der Waals surface area contributed by atoms with E-state index >= 15 is 0 Å². The Kier molecular flexibility index (Phi) is 11.3. The summed E-state index contributed by atoms with van der Waals surface area (Å²) in [6.07, 6.45) is 9.47. The summed E-state index contributed by atoms with van der Waals surface area (Å²) in [5, 5.41) is 1.40. The summed E-state index contributed by atoms with van der Waals surface area (Å²) < 4.78 is 2.87. The zero-order chi connectivity index (χ0) is 56.9. The number of hydrogen-bond donors (Lipinski definition) is 0. The molecule has 81 heavy (non-hydrogen) atoms. The van der Waals surface area contributed by atoms with Gasteiger partial charge in [0.1, 0.15) is 0 Å². The van der Waals surface area contributed by atoms with Gasteiger partial charge in [0.2, 0.25) is 0 Å². The van der Waals surface area contributed by atoms with Crippen molar-refractivity contribution < 1.29 is 0 Å². The smallest absolute Gasteiger partial charge is 0.264 e. The maximum atomic E-state index is 2.86. The lowest BCUT2D eigenvalue weighted by Gasteiger charge is -2.51. The van der Waals surface area contributed by atoms with Crippen molar-refractivity contribution in [3.63, 3.8) is 0 Å². The second-order valence-electron chi connectivity index (χ2n) is 31.0. The maximum absolute atomic E-state index is 2.86. The van der Waals surface area contributed by atoms with Crippen LogP contribution in [-0.4, -0.2) is 12.3 Å². The largest absolute Gasteiger partial charge is 0.334 e. The normalized spacial score (nSPS) is 22.6. The zero-order valence-corrected chi connectivity index (χ0v) is 52.5. The molecular formula is C76H86BN3S. The number of hydrogen-bond acceptors (Lipinski definition) is 4. The van der Waals surface area contributed by atoms with Crippen molar-refractivity contribution in [2.45, 2.75) is 206 Å². The third-order valence-electron chi connectivity index (χ3n) is 22.0. The van der Waals surface area contributed by atoms with Crippen LogP contribution < -0.4 is 30.4 Å². The predicted molar refractivity (Wildman–Crippen MR) is 352 cm³/mol. The minimum Gasteiger partial charge on any atom is -0.334 e. The van der Waals surface area contributed by atoms with Gasteiger partial charge in [0.25, 0.3) is 6.71 Å². The van der Waals surface area contributed by atoms with Crippen molar-refractivity contribution in [2.75, 3.05) is 14.7 Å². The molecule has 2 unspecified atom stereocenters. The van der Waals surface area contributed by atoms with Crippen molar-refractivity contribution >= 4 is 89.3 Å². The van der Waals surface area contributed by atoms with E-state index in [1.165, 1.54) is 160 Å². The molecular weight excluding hydrogens is 998 g/mol.